The number of ether oxygens (including phenoxy) is 5. The summed E-state index contributed by atoms with van der Waals surface area (Å²) < 4.78 is 53.1. The highest BCUT2D eigenvalue weighted by molar-refractivity contribution is 6.31. The topological polar surface area (TPSA) is 272 Å². The zero-order valence-electron chi connectivity index (χ0n) is 81.3. The van der Waals surface area contributed by atoms with Crippen molar-refractivity contribution in [3.8, 4) is 34.1 Å². The summed E-state index contributed by atoms with van der Waals surface area (Å²) in [7, 11) is 0. The number of piperidine rings is 2. The number of rotatable bonds is 17. The van der Waals surface area contributed by atoms with E-state index >= 15 is 0 Å². The van der Waals surface area contributed by atoms with E-state index in [1.54, 1.807) is 23.4 Å². The molecular formula is C115H117Cl4FN18O7. The highest BCUT2D eigenvalue weighted by atomic mass is 35.5. The molecule has 6 aromatic carbocycles. The number of benzene rings is 6. The first-order chi connectivity index (χ1) is 71.1. The molecule has 24 rings (SSSR count). The summed E-state index contributed by atoms with van der Waals surface area (Å²) in [5, 5.41) is 14.0. The largest absolute Gasteiger partial charge is 0.448 e. The SMILES string of the molecule is Cc1ccc(-n2c(C)c(C3=CCOCC3)c3ccncc32)cc1.Clc1ccc(-n2cc(C3CCOCC3)c3ccncc32)cc1.Clc1ccc(-n2nc(C3CCOCC3)c3ncncc32)cc1.Fc1ccc(-n2cc(C3CCOCC3)c3ccncc32)cc1.NCCCC(=O)N1CCC(c2cn(-c3ccc(Cl)cc3)c3cnccc23)CC1.NCCOC(=O)N1CCC(c2cn(-c3ccc(Cl)cc3)c3cnccc23)CC1. The second-order valence-corrected chi connectivity index (χ2v) is 39.0. The predicted molar refractivity (Wildman–Crippen MR) is 574 cm³/mol. The molecule has 145 heavy (non-hydrogen) atoms. The summed E-state index contributed by atoms with van der Waals surface area (Å²) >= 11 is 24.1. The van der Waals surface area contributed by atoms with Crippen molar-refractivity contribution >= 4 is 130 Å². The number of halogens is 5. The van der Waals surface area contributed by atoms with E-state index in [1.165, 1.54) is 89.4 Å². The second kappa shape index (κ2) is 47.7. The normalized spacial score (nSPS) is 15.6. The maximum atomic E-state index is 13.2. The lowest BCUT2D eigenvalue weighted by atomic mass is 9.89. The van der Waals surface area contributed by atoms with Gasteiger partial charge in [-0.15, -0.1) is 0 Å². The average Bonchev–Trinajstić information content (AvgIpc) is 1.61. The number of hydrogen-bond donors (Lipinski definition) is 2. The van der Waals surface area contributed by atoms with Gasteiger partial charge in [0.1, 0.15) is 29.8 Å². The number of carbonyl (C=O) groups is 2. The molecule has 0 radical (unpaired) electrons. The van der Waals surface area contributed by atoms with Gasteiger partial charge in [0.15, 0.2) is 0 Å². The van der Waals surface area contributed by atoms with Gasteiger partial charge in [-0.2, -0.15) is 5.10 Å². The third-order valence-corrected chi connectivity index (χ3v) is 29.4. The van der Waals surface area contributed by atoms with Gasteiger partial charge < -0.3 is 67.8 Å². The van der Waals surface area contributed by atoms with Crippen molar-refractivity contribution < 1.29 is 37.7 Å². The molecule has 6 aliphatic rings. The van der Waals surface area contributed by atoms with E-state index in [-0.39, 0.29) is 24.4 Å². The summed E-state index contributed by atoms with van der Waals surface area (Å²) in [4.78, 5) is 58.3. The number of nitrogens with zero attached hydrogens (tertiary/aromatic N) is 16. The molecule has 30 heteroatoms. The van der Waals surface area contributed by atoms with Crippen LogP contribution < -0.4 is 11.5 Å². The summed E-state index contributed by atoms with van der Waals surface area (Å²) in [6.07, 6.45) is 45.3. The summed E-state index contributed by atoms with van der Waals surface area (Å²) in [5.41, 5.74) is 36.3. The Hall–Kier alpha value is -13.4. The third kappa shape index (κ3) is 23.3. The van der Waals surface area contributed by atoms with Crippen LogP contribution in [0.4, 0.5) is 9.18 Å². The van der Waals surface area contributed by atoms with Gasteiger partial charge in [-0.1, -0.05) is 70.2 Å². The Morgan fingerprint density at radius 1 is 0.407 bits per heavy atom. The molecule has 0 unspecified atom stereocenters. The van der Waals surface area contributed by atoms with Crippen molar-refractivity contribution in [1.82, 2.24) is 77.3 Å². The lowest BCUT2D eigenvalue weighted by Crippen LogP contribution is -2.38. The van der Waals surface area contributed by atoms with Crippen molar-refractivity contribution in [3.05, 3.63) is 352 Å². The van der Waals surface area contributed by atoms with Crippen LogP contribution in [0.1, 0.15) is 158 Å². The van der Waals surface area contributed by atoms with Crippen LogP contribution in [0.25, 0.3) is 105 Å². The lowest BCUT2D eigenvalue weighted by Gasteiger charge is -2.32. The molecule has 4 N–H and O–H groups in total. The van der Waals surface area contributed by atoms with Gasteiger partial charge in [-0.25, -0.2) is 23.8 Å². The first-order valence-electron chi connectivity index (χ1n) is 50.0. The Morgan fingerprint density at radius 3 is 1.20 bits per heavy atom. The molecule has 0 saturated carbocycles. The molecule has 18 heterocycles. The number of aryl methyl sites for hydroxylation is 1. The van der Waals surface area contributed by atoms with Crippen LogP contribution in [-0.2, 0) is 28.5 Å². The van der Waals surface area contributed by atoms with E-state index in [1.807, 2.05) is 175 Å². The molecule has 0 spiro atoms. The summed E-state index contributed by atoms with van der Waals surface area (Å²) in [6.45, 7) is 14.9. The van der Waals surface area contributed by atoms with Crippen LogP contribution >= 0.6 is 46.4 Å². The van der Waals surface area contributed by atoms with Crippen LogP contribution in [0.5, 0.6) is 0 Å². The molecule has 5 saturated heterocycles. The maximum Gasteiger partial charge on any atom is 0.409 e. The second-order valence-electron chi connectivity index (χ2n) is 37.3. The Balaban J connectivity index is 0.000000110. The van der Waals surface area contributed by atoms with Gasteiger partial charge >= 0.3 is 6.09 Å². The molecule has 0 atom stereocenters. The minimum absolute atomic E-state index is 0.219. The van der Waals surface area contributed by atoms with Crippen molar-refractivity contribution in [2.24, 2.45) is 11.5 Å². The maximum absolute atomic E-state index is 13.2. The van der Waals surface area contributed by atoms with E-state index < -0.39 is 0 Å². The van der Waals surface area contributed by atoms with Crippen LogP contribution in [-0.4, -0.2) is 188 Å². The highest BCUT2D eigenvalue weighted by Gasteiger charge is 2.32. The molecule has 18 aromatic rings. The fourth-order valence-corrected chi connectivity index (χ4v) is 21.3. The van der Waals surface area contributed by atoms with Crippen LogP contribution in [0.3, 0.4) is 0 Å². The van der Waals surface area contributed by atoms with Crippen LogP contribution in [0.15, 0.2) is 281 Å². The van der Waals surface area contributed by atoms with Crippen molar-refractivity contribution in [2.75, 3.05) is 98.7 Å². The first-order valence-corrected chi connectivity index (χ1v) is 51.5. The fraction of sp³-hybridized carbons (Fsp3) is 0.304. The van der Waals surface area contributed by atoms with Gasteiger partial charge in [-0.05, 0) is 313 Å². The number of likely N-dealkylation sites (tertiary alicyclic amines) is 2. The van der Waals surface area contributed by atoms with Crippen molar-refractivity contribution in [3.63, 3.8) is 0 Å². The smallest absolute Gasteiger partial charge is 0.409 e. The number of nitrogens with two attached hydrogens (primary N) is 2. The van der Waals surface area contributed by atoms with E-state index in [0.717, 1.165) is 219 Å². The average molecular weight is 2020 g/mol. The number of pyridine rings is 5. The molecule has 12 aromatic heterocycles. The highest BCUT2D eigenvalue weighted by Crippen LogP contribution is 2.43. The Kier molecular flexibility index (Phi) is 33.0. The number of amides is 2. The molecule has 25 nitrogen and oxygen atoms in total. The number of fused-ring (bicyclic) bond motifs is 6. The number of hydrogen-bond acceptors (Lipinski definition) is 17. The quantitative estimate of drug-likeness (QED) is 0.0857. The molecule has 0 bridgehead atoms. The van der Waals surface area contributed by atoms with E-state index in [4.69, 9.17) is 86.7 Å². The van der Waals surface area contributed by atoms with Crippen LogP contribution in [0.2, 0.25) is 20.1 Å². The summed E-state index contributed by atoms with van der Waals surface area (Å²) in [5.74, 6) is 2.31. The van der Waals surface area contributed by atoms with Crippen molar-refractivity contribution in [2.45, 2.75) is 127 Å². The zero-order chi connectivity index (χ0) is 99.7. The minimum atomic E-state index is -0.267. The van der Waals surface area contributed by atoms with E-state index in [9.17, 15) is 14.0 Å². The Bertz CT molecular complexity index is 6980. The van der Waals surface area contributed by atoms with Crippen LogP contribution in [0, 0.1) is 19.7 Å². The molecule has 5 fully saturated rings. The van der Waals surface area contributed by atoms with Gasteiger partial charge in [0.25, 0.3) is 0 Å². The lowest BCUT2D eigenvalue weighted by molar-refractivity contribution is -0.132. The standard InChI is InChI=1S/C22H25ClN4O.C21H23ClN4O2.C20H20N2O.C18H17ClN2O.C18H17FN2O.C16H15ClN4O/c23-17-3-5-18(6-4-17)27-15-20(19-7-11-25-14-21(19)27)16-8-12-26(13-9-16)22(28)2-1-10-24;22-16-1-3-17(4-2-16)26-14-19(18-5-9-24-13-20(18)26)15-6-10-25(11-7-15)21(27)28-12-8-23;1-14-3-5-17(6-4-14)22-15(2)20(16-8-11-23-12-9-16)18-7-10-21-13-19(18)22;2*19-14-1-3-15(4-2-14)21-12-17(13-6-9-22-10-7-13)16-5-8-20-11-18(16)21;17-12-1-3-13(4-2-12)21-14-9-18-10-19-16(14)15(20-21)11-5-7-22-8-6-11/h3-7,11,14-16H,1-2,8-10,12-13,24H2;1-5,9,13-15H,6-8,10-12,23H2;3-8,10,13H,9,11-12H2,1-2H3;2*1-5,8,11-13H,6-7,9-10H2;1-4,9-11H,5-8H2. The van der Waals surface area contributed by atoms with Gasteiger partial charge in [0.05, 0.1) is 89.4 Å². The molecular weight excluding hydrogens is 1910 g/mol. The molecule has 0 aliphatic carbocycles. The Morgan fingerprint density at radius 2 is 0.786 bits per heavy atom. The van der Waals surface area contributed by atoms with Gasteiger partial charge in [0, 0.05) is 227 Å². The zero-order valence-corrected chi connectivity index (χ0v) is 84.3. The third-order valence-electron chi connectivity index (χ3n) is 28.3. The number of carbonyl (C=O) groups excluding carboxylic acids is 2. The molecule has 744 valence electrons. The van der Waals surface area contributed by atoms with Crippen molar-refractivity contribution in [1.29, 1.82) is 0 Å². The van der Waals surface area contributed by atoms with E-state index in [2.05, 4.69) is 157 Å². The van der Waals surface area contributed by atoms with Gasteiger partial charge in [-0.3, -0.25) is 29.7 Å². The molecule has 6 aliphatic heterocycles. The predicted octanol–water partition coefficient (Wildman–Crippen LogP) is 24.5. The van der Waals surface area contributed by atoms with E-state index in [0.29, 0.717) is 78.8 Å². The molecule has 2 amide bonds. The minimum Gasteiger partial charge on any atom is -0.448 e. The fourth-order valence-electron chi connectivity index (χ4n) is 20.8. The first kappa shape index (κ1) is 100. The summed E-state index contributed by atoms with van der Waals surface area (Å²) in [6, 6.07) is 57.0. The Labute approximate surface area is 861 Å². The monoisotopic (exact) mass is 2020 g/mol. The number of aromatic nitrogens is 14. The van der Waals surface area contributed by atoms with Gasteiger partial charge in [0.2, 0.25) is 5.91 Å².